The number of benzene rings is 1. The Kier molecular flexibility index (Phi) is 2.81. The molecule has 82 valence electrons. The van der Waals surface area contributed by atoms with Crippen molar-refractivity contribution >= 4 is 23.2 Å². The Bertz CT molecular complexity index is 417. The van der Waals surface area contributed by atoms with E-state index in [1.165, 1.54) is 0 Å². The van der Waals surface area contributed by atoms with E-state index in [-0.39, 0.29) is 5.02 Å². The molecule has 0 aliphatic rings. The molecule has 4 N–H and O–H groups in total. The molecule has 0 radical (unpaired) electrons. The molecule has 1 aromatic carbocycles. The molecule has 0 aromatic heterocycles. The number of nitrogens with two attached hydrogens (primary N) is 2. The second-order valence-electron chi connectivity index (χ2n) is 2.78. The van der Waals surface area contributed by atoms with E-state index in [1.807, 2.05) is 0 Å². The zero-order chi connectivity index (χ0) is 11.8. The van der Waals surface area contributed by atoms with E-state index in [9.17, 15) is 18.0 Å². The Labute approximate surface area is 87.8 Å². The first kappa shape index (κ1) is 11.6. The molecule has 0 saturated carbocycles. The first-order valence-corrected chi connectivity index (χ1v) is 4.07. The number of halogens is 4. The van der Waals surface area contributed by atoms with Crippen molar-refractivity contribution in [2.45, 2.75) is 6.18 Å². The number of nitrogen functional groups attached to an aromatic ring is 1. The van der Waals surface area contributed by atoms with Crippen LogP contribution in [0.2, 0.25) is 5.02 Å². The number of primary amides is 1. The summed E-state index contributed by atoms with van der Waals surface area (Å²) in [7, 11) is 0. The predicted octanol–water partition coefficient (Wildman–Crippen LogP) is 2.04. The van der Waals surface area contributed by atoms with Crippen LogP contribution in [0.1, 0.15) is 15.9 Å². The third-order valence-corrected chi connectivity index (χ3v) is 1.90. The van der Waals surface area contributed by atoms with Gasteiger partial charge in [0.25, 0.3) is 0 Å². The summed E-state index contributed by atoms with van der Waals surface area (Å²) < 4.78 is 37.4. The van der Waals surface area contributed by atoms with Crippen LogP contribution in [-0.2, 0) is 6.18 Å². The summed E-state index contributed by atoms with van der Waals surface area (Å²) >= 11 is 5.46. The molecule has 0 bridgehead atoms. The fraction of sp³-hybridized carbons (Fsp3) is 0.125. The molecule has 0 aliphatic carbocycles. The lowest BCUT2D eigenvalue weighted by molar-refractivity contribution is -0.137. The van der Waals surface area contributed by atoms with E-state index in [4.69, 9.17) is 23.1 Å². The highest BCUT2D eigenvalue weighted by molar-refractivity contribution is 6.31. The van der Waals surface area contributed by atoms with Crippen LogP contribution < -0.4 is 11.5 Å². The fourth-order valence-corrected chi connectivity index (χ4v) is 1.37. The Morgan fingerprint density at radius 3 is 2.27 bits per heavy atom. The Morgan fingerprint density at radius 2 is 1.87 bits per heavy atom. The van der Waals surface area contributed by atoms with Crippen LogP contribution in [0.15, 0.2) is 12.1 Å². The topological polar surface area (TPSA) is 69.1 Å². The van der Waals surface area contributed by atoms with Gasteiger partial charge in [0.1, 0.15) is 0 Å². The zero-order valence-electron chi connectivity index (χ0n) is 7.23. The normalized spacial score (nSPS) is 11.5. The van der Waals surface area contributed by atoms with Crippen molar-refractivity contribution in [1.82, 2.24) is 0 Å². The number of hydrogen-bond acceptors (Lipinski definition) is 2. The van der Waals surface area contributed by atoms with E-state index < -0.39 is 28.9 Å². The first-order valence-electron chi connectivity index (χ1n) is 3.69. The number of anilines is 1. The van der Waals surface area contributed by atoms with Gasteiger partial charge >= 0.3 is 6.18 Å². The van der Waals surface area contributed by atoms with Crippen LogP contribution in [0.5, 0.6) is 0 Å². The predicted molar refractivity (Wildman–Crippen MR) is 49.4 cm³/mol. The highest BCUT2D eigenvalue weighted by atomic mass is 35.5. The lowest BCUT2D eigenvalue weighted by atomic mass is 10.0. The van der Waals surface area contributed by atoms with Gasteiger partial charge in [-0.1, -0.05) is 11.6 Å². The van der Waals surface area contributed by atoms with Gasteiger partial charge in [0.2, 0.25) is 5.91 Å². The minimum Gasteiger partial charge on any atom is -0.398 e. The van der Waals surface area contributed by atoms with E-state index >= 15 is 0 Å². The van der Waals surface area contributed by atoms with E-state index in [2.05, 4.69) is 0 Å². The SMILES string of the molecule is NC(=O)c1cc(Cl)cc(N)c1C(F)(F)F. The molecule has 0 heterocycles. The summed E-state index contributed by atoms with van der Waals surface area (Å²) in [6, 6.07) is 1.75. The monoisotopic (exact) mass is 238 g/mol. The van der Waals surface area contributed by atoms with Crippen molar-refractivity contribution < 1.29 is 18.0 Å². The van der Waals surface area contributed by atoms with Crippen molar-refractivity contribution in [1.29, 1.82) is 0 Å². The molecule has 0 fully saturated rings. The van der Waals surface area contributed by atoms with Crippen molar-refractivity contribution in [3.63, 3.8) is 0 Å². The maximum Gasteiger partial charge on any atom is 0.419 e. The molecular formula is C8H6ClF3N2O. The number of rotatable bonds is 1. The summed E-state index contributed by atoms with van der Waals surface area (Å²) in [5.41, 5.74) is 7.33. The fourth-order valence-electron chi connectivity index (χ4n) is 1.14. The van der Waals surface area contributed by atoms with Crippen molar-refractivity contribution in [3.05, 3.63) is 28.3 Å². The summed E-state index contributed by atoms with van der Waals surface area (Å²) in [6.45, 7) is 0. The molecule has 1 amide bonds. The van der Waals surface area contributed by atoms with Crippen LogP contribution in [0.3, 0.4) is 0 Å². The summed E-state index contributed by atoms with van der Waals surface area (Å²) in [5, 5.41) is -0.0747. The second kappa shape index (κ2) is 3.62. The van der Waals surface area contributed by atoms with Crippen molar-refractivity contribution in [2.75, 3.05) is 5.73 Å². The molecule has 15 heavy (non-hydrogen) atoms. The van der Waals surface area contributed by atoms with Gasteiger partial charge in [0, 0.05) is 10.7 Å². The Morgan fingerprint density at radius 1 is 1.33 bits per heavy atom. The summed E-state index contributed by atoms with van der Waals surface area (Å²) in [6.07, 6.45) is -4.74. The average Bonchev–Trinajstić information content (AvgIpc) is 1.99. The van der Waals surface area contributed by atoms with Gasteiger partial charge in [0.05, 0.1) is 11.1 Å². The number of carbonyl (C=O) groups excluding carboxylic acids is 1. The van der Waals surface area contributed by atoms with Gasteiger partial charge in [-0.2, -0.15) is 13.2 Å². The number of hydrogen-bond donors (Lipinski definition) is 2. The van der Waals surface area contributed by atoms with Gasteiger partial charge in [-0.25, -0.2) is 0 Å². The molecular weight excluding hydrogens is 233 g/mol. The molecule has 0 atom stereocenters. The lowest BCUT2D eigenvalue weighted by Crippen LogP contribution is -2.20. The molecule has 0 unspecified atom stereocenters. The molecule has 7 heteroatoms. The van der Waals surface area contributed by atoms with E-state index in [0.29, 0.717) is 0 Å². The maximum absolute atomic E-state index is 12.5. The standard InChI is InChI=1S/C8H6ClF3N2O/c9-3-1-4(7(14)15)6(5(13)2-3)8(10,11)12/h1-2H,13H2,(H2,14,15). The smallest absolute Gasteiger partial charge is 0.398 e. The zero-order valence-corrected chi connectivity index (χ0v) is 7.99. The van der Waals surface area contributed by atoms with Crippen LogP contribution in [0.4, 0.5) is 18.9 Å². The number of carbonyl (C=O) groups is 1. The minimum absolute atomic E-state index is 0.0747. The molecule has 0 saturated heterocycles. The average molecular weight is 239 g/mol. The largest absolute Gasteiger partial charge is 0.419 e. The molecule has 1 rings (SSSR count). The Balaban J connectivity index is 3.55. The molecule has 3 nitrogen and oxygen atoms in total. The van der Waals surface area contributed by atoms with Crippen molar-refractivity contribution in [2.24, 2.45) is 5.73 Å². The first-order chi connectivity index (χ1) is 6.73. The third kappa shape index (κ3) is 2.33. The second-order valence-corrected chi connectivity index (χ2v) is 3.22. The van der Waals surface area contributed by atoms with Crippen LogP contribution >= 0.6 is 11.6 Å². The quantitative estimate of drug-likeness (QED) is 0.735. The summed E-state index contributed by atoms with van der Waals surface area (Å²) in [4.78, 5) is 10.8. The van der Waals surface area contributed by atoms with Crippen LogP contribution in [-0.4, -0.2) is 5.91 Å². The summed E-state index contributed by atoms with van der Waals surface area (Å²) in [5.74, 6) is -1.23. The van der Waals surface area contributed by atoms with Gasteiger partial charge < -0.3 is 11.5 Å². The lowest BCUT2D eigenvalue weighted by Gasteiger charge is -2.13. The molecule has 1 aromatic rings. The van der Waals surface area contributed by atoms with Gasteiger partial charge in [-0.05, 0) is 12.1 Å². The van der Waals surface area contributed by atoms with E-state index in [0.717, 1.165) is 12.1 Å². The van der Waals surface area contributed by atoms with Crippen LogP contribution in [0, 0.1) is 0 Å². The highest BCUT2D eigenvalue weighted by Gasteiger charge is 2.37. The molecule has 0 aliphatic heterocycles. The highest BCUT2D eigenvalue weighted by Crippen LogP contribution is 2.37. The number of amides is 1. The van der Waals surface area contributed by atoms with Gasteiger partial charge in [-0.15, -0.1) is 0 Å². The van der Waals surface area contributed by atoms with Crippen LogP contribution in [0.25, 0.3) is 0 Å². The minimum atomic E-state index is -4.74. The maximum atomic E-state index is 12.5. The Hall–Kier alpha value is -1.43. The van der Waals surface area contributed by atoms with E-state index in [1.54, 1.807) is 0 Å². The van der Waals surface area contributed by atoms with Crippen molar-refractivity contribution in [3.8, 4) is 0 Å². The van der Waals surface area contributed by atoms with Gasteiger partial charge in [0.15, 0.2) is 0 Å². The van der Waals surface area contributed by atoms with Gasteiger partial charge in [-0.3, -0.25) is 4.79 Å². The third-order valence-electron chi connectivity index (χ3n) is 1.68. The number of alkyl halides is 3. The molecule has 0 spiro atoms.